The van der Waals surface area contributed by atoms with Crippen LogP contribution in [0.4, 0.5) is 11.6 Å². The number of fused-ring (bicyclic) bond motifs is 12. The van der Waals surface area contributed by atoms with Gasteiger partial charge in [-0.15, -0.1) is 0 Å². The molecule has 0 bridgehead atoms. The van der Waals surface area contributed by atoms with Gasteiger partial charge in [0, 0.05) is 0 Å². The van der Waals surface area contributed by atoms with Gasteiger partial charge < -0.3 is 32.8 Å². The van der Waals surface area contributed by atoms with Crippen LogP contribution in [0.2, 0.25) is 38.3 Å². The molecule has 0 saturated heterocycles. The molecular formula is C73H114N14O23S5Si3. The minimum Gasteiger partial charge on any atom is -0.369 e. The van der Waals surface area contributed by atoms with Gasteiger partial charge >= 0.3 is 612 Å². The van der Waals surface area contributed by atoms with Crippen molar-refractivity contribution >= 4 is 137 Å². The van der Waals surface area contributed by atoms with Crippen LogP contribution in [0, 0.1) is 0 Å². The van der Waals surface area contributed by atoms with E-state index in [4.69, 9.17) is 44.8 Å². The first kappa shape index (κ1) is 95.3. The smallest absolute Gasteiger partial charge is 0.369 e. The molecule has 6 aliphatic heterocycles. The quantitative estimate of drug-likeness (QED) is 0.0115. The van der Waals surface area contributed by atoms with E-state index in [0.717, 1.165) is 43.8 Å². The van der Waals surface area contributed by atoms with E-state index in [-0.39, 0.29) is 171 Å². The van der Waals surface area contributed by atoms with Crippen LogP contribution in [0.1, 0.15) is 106 Å². The summed E-state index contributed by atoms with van der Waals surface area (Å²) in [6, 6.07) is 32.4. The number of nitrogens with zero attached hydrogens (tertiary/aromatic N) is 10. The molecule has 37 nitrogen and oxygen atoms in total. The van der Waals surface area contributed by atoms with Gasteiger partial charge in [0.1, 0.15) is 0 Å². The number of aliphatic imine (C=N–C) groups is 2. The molecule has 0 unspecified atom stereocenters. The fourth-order valence-corrected chi connectivity index (χ4v) is 43.2. The molecule has 1 spiro atoms. The zero-order valence-corrected chi connectivity index (χ0v) is 75.3. The van der Waals surface area contributed by atoms with E-state index < -0.39 is 110 Å². The molecular weight excluding hydrogens is 1690 g/mol. The Bertz CT molecular complexity index is 5300. The van der Waals surface area contributed by atoms with Crippen molar-refractivity contribution in [2.24, 2.45) is 25.9 Å². The number of benzene rings is 4. The van der Waals surface area contributed by atoms with Gasteiger partial charge in [0.05, 0.1) is 39.5 Å². The van der Waals surface area contributed by atoms with Gasteiger partial charge in [-0.3, -0.25) is 4.79 Å². The maximum Gasteiger partial charge on any atom is -0.369 e. The van der Waals surface area contributed by atoms with Crippen molar-refractivity contribution in [2.45, 2.75) is 122 Å². The molecule has 118 heavy (non-hydrogen) atoms. The maximum absolute atomic E-state index is 12.2. The van der Waals surface area contributed by atoms with Gasteiger partial charge in [-0.25, -0.2) is 0 Å². The Labute approximate surface area is 690 Å². The molecule has 8 heterocycles. The summed E-state index contributed by atoms with van der Waals surface area (Å²) in [5.74, 6) is 3.95. The fraction of sp³-hybridized carbons (Fsp3) is 0.548. The molecule has 45 heteroatoms. The third-order valence-electron chi connectivity index (χ3n) is 22.7. The predicted octanol–water partition coefficient (Wildman–Crippen LogP) is 5.81. The van der Waals surface area contributed by atoms with E-state index in [9.17, 15) is 77.9 Å². The van der Waals surface area contributed by atoms with Gasteiger partial charge in [-0.05, 0) is 0 Å². The average Bonchev–Trinajstić information content (AvgIpc) is 1.32. The molecule has 656 valence electrons. The zero-order chi connectivity index (χ0) is 82.6. The fourth-order valence-electron chi connectivity index (χ4n) is 18.2. The monoisotopic (exact) mass is 1800 g/mol. The number of carbonyl (C=O) groups is 1. The van der Waals surface area contributed by atoms with Gasteiger partial charge in [-0.1, -0.05) is 0 Å². The van der Waals surface area contributed by atoms with Crippen molar-refractivity contribution in [3.05, 3.63) is 130 Å². The van der Waals surface area contributed by atoms with Crippen LogP contribution in [0.3, 0.4) is 0 Å². The van der Waals surface area contributed by atoms with Crippen LogP contribution in [0.25, 0.3) is 21.5 Å². The number of unbranched alkanes of at least 4 members (excludes halogenated alkanes) is 5. The number of ether oxygens (including phenoxy) is 4. The third kappa shape index (κ3) is 19.9. The Balaban J connectivity index is 0.00000529. The van der Waals surface area contributed by atoms with Crippen LogP contribution in [-0.2, 0) is 87.4 Å². The summed E-state index contributed by atoms with van der Waals surface area (Å²) in [4.78, 5) is 38.9. The number of aromatic nitrogens is 2. The Kier molecular flexibility index (Phi) is 30.1. The van der Waals surface area contributed by atoms with E-state index >= 15 is 0 Å². The van der Waals surface area contributed by atoms with Gasteiger partial charge in [-0.2, -0.15) is 5.90 Å². The van der Waals surface area contributed by atoms with E-state index in [1.54, 1.807) is 0 Å². The molecule has 4 aromatic carbocycles. The first-order valence-electron chi connectivity index (χ1n) is 39.1. The Morgan fingerprint density at radius 2 is 0.695 bits per heavy atom. The molecule has 0 radical (unpaired) electrons. The van der Waals surface area contributed by atoms with Crippen LogP contribution in [0.5, 0.6) is 0 Å². The largest absolute Gasteiger partial charge is 0.369 e. The Morgan fingerprint density at radius 1 is 0.398 bits per heavy atom. The number of hydrogen-bond donors (Lipinski definition) is 4. The van der Waals surface area contributed by atoms with Crippen molar-refractivity contribution in [2.75, 3.05) is 134 Å². The van der Waals surface area contributed by atoms with E-state index in [0.29, 0.717) is 104 Å². The second kappa shape index (κ2) is 37.2. The van der Waals surface area contributed by atoms with Crippen molar-refractivity contribution in [1.29, 1.82) is 0 Å². The number of quaternary nitrogens is 5. The molecule has 14 N–H and O–H groups in total. The summed E-state index contributed by atoms with van der Waals surface area (Å²) in [5.41, 5.74) is 3.84. The number of rotatable bonds is 52. The Hall–Kier alpha value is -6.57. The molecule has 0 aliphatic carbocycles. The molecule has 0 saturated carbocycles. The maximum atomic E-state index is 12.2. The zero-order valence-electron chi connectivity index (χ0n) is 68.2. The van der Waals surface area contributed by atoms with Crippen LogP contribution in [0.15, 0.2) is 117 Å². The third-order valence-corrected chi connectivity index (χ3v) is 43.3. The van der Waals surface area contributed by atoms with Gasteiger partial charge in [0.15, 0.2) is 0 Å². The number of amidine groups is 4. The number of carbonyl (C=O) groups excluding carboxylic acids is 1. The van der Waals surface area contributed by atoms with Gasteiger partial charge in [0.25, 0.3) is 0 Å². The molecule has 0 atom stereocenters. The van der Waals surface area contributed by atoms with Crippen molar-refractivity contribution in [1.82, 2.24) is 26.9 Å². The second-order valence-corrected chi connectivity index (χ2v) is 53.8. The summed E-state index contributed by atoms with van der Waals surface area (Å²) in [7, 11) is -38.2. The summed E-state index contributed by atoms with van der Waals surface area (Å²) in [6.07, 6.45) is 2.05. The minimum absolute atomic E-state index is 0. The standard InChI is InChI=1S/C73H105N11O23S5Si3.3H3N/c1-113(2,55-23-39-83(34-13-18-50-108(86,87)88,35-14-19-51-109(89,90)91)36-15-20-52-110(92,93)94)106-115(107-114(3,4)56-24-40-84(37-16-21-53-111(95,96)97,38-17-22-54-112(98,99)100)41-43-102-45-47-104-49-48-103-46-44-101-42-33-65(85)105-74)79-66-57-25-5-6-26-58(57)67(79)76-69-61-29-9-10-30-62(61)71(81(69)115)78-73-64-32-12-11-31-63(64)72(82(73)115)77-70-60-28-8-7-27-59(60)68(75-66)80(70)115;;;/h5-12,25-32H,13-24,33-56,74H2,1-4H3,(H3-2,86,87,88,89,90,91,92,93,94,95,96,97,98,99,100);3*1H3. The molecule has 6 aromatic rings. The molecule has 0 fully saturated rings. The summed E-state index contributed by atoms with van der Waals surface area (Å²) < 4.78 is 234. The van der Waals surface area contributed by atoms with Crippen molar-refractivity contribution < 1.29 is 119 Å². The predicted molar refractivity (Wildman–Crippen MR) is 447 cm³/mol. The van der Waals surface area contributed by atoms with Crippen molar-refractivity contribution in [3.63, 3.8) is 0 Å². The topological polar surface area (TPSA) is 569 Å². The Morgan fingerprint density at radius 3 is 1.03 bits per heavy atom. The van der Waals surface area contributed by atoms with E-state index in [2.05, 4.69) is 48.0 Å². The molecule has 0 amide bonds. The van der Waals surface area contributed by atoms with Crippen LogP contribution < -0.4 is 35.3 Å². The number of hydrogen-bond acceptors (Lipinski definition) is 28. The SMILES string of the molecule is C[Si](C)(CCC[N+](CCCCS(=O)(=O)[O-])(CCCCS(=O)(=O)[O-])CCCCS(=O)(=O)[O-])O[Si-2]123(O[Si](C)(C)CCC[N+](CCCCS(=O)(=O)[O-])(CCCCS(=O)(=O)[O-])CCOCCOCCOCCOCCC(=O)ON)n4c5c6ccccc6c4N=C4c6ccccc6C(=[N+]41)N=c1c4ccccc4c(n12)=NC1=[N+]3C(=N5)c2ccccc21.[NH4+].[NH4+].[NH4+]. The minimum atomic E-state index is -7.48. The summed E-state index contributed by atoms with van der Waals surface area (Å²) >= 11 is 0. The average molecular weight is 1800 g/mol. The van der Waals surface area contributed by atoms with E-state index in [1.165, 1.54) is 0 Å². The number of nitrogens with two attached hydrogens (primary N) is 1. The van der Waals surface area contributed by atoms with E-state index in [1.807, 2.05) is 97.1 Å². The van der Waals surface area contributed by atoms with Crippen LogP contribution >= 0.6 is 0 Å². The summed E-state index contributed by atoms with van der Waals surface area (Å²) in [5, 5.41) is 2.90. The first-order chi connectivity index (χ1) is 54.3. The normalized spacial score (nSPS) is 16.6. The first-order valence-corrected chi connectivity index (χ1v) is 55.8. The molecule has 12 rings (SSSR count). The second-order valence-electron chi connectivity index (χ2n) is 31.9. The molecule has 6 aliphatic rings. The van der Waals surface area contributed by atoms with Crippen molar-refractivity contribution in [3.8, 4) is 0 Å². The molecule has 2 aromatic heterocycles. The summed E-state index contributed by atoms with van der Waals surface area (Å²) in [6.45, 7) is 12.7. The van der Waals surface area contributed by atoms with Gasteiger partial charge in [0.2, 0.25) is 0 Å². The van der Waals surface area contributed by atoms with Crippen LogP contribution in [-0.4, -0.2) is 278 Å².